The zero-order valence-electron chi connectivity index (χ0n) is 12.8. The summed E-state index contributed by atoms with van der Waals surface area (Å²) in [6, 6.07) is 5.12. The van der Waals surface area contributed by atoms with E-state index < -0.39 is 0 Å². The van der Waals surface area contributed by atoms with Crippen molar-refractivity contribution in [1.82, 2.24) is 5.32 Å². The van der Waals surface area contributed by atoms with Crippen LogP contribution in [0.2, 0.25) is 0 Å². The molecule has 1 saturated heterocycles. The van der Waals surface area contributed by atoms with Crippen molar-refractivity contribution in [3.63, 3.8) is 0 Å². The number of morpholine rings is 1. The maximum absolute atomic E-state index is 12.0. The molecule has 7 heteroatoms. The highest BCUT2D eigenvalue weighted by Gasteiger charge is 2.17. The highest BCUT2D eigenvalue weighted by atomic mass is 16.5. The molecule has 1 aromatic carbocycles. The molecular formula is C15H21N3O4. The van der Waals surface area contributed by atoms with E-state index in [-0.39, 0.29) is 17.9 Å². The predicted octanol–water partition coefficient (Wildman–Crippen LogP) is 0.971. The summed E-state index contributed by atoms with van der Waals surface area (Å²) in [5, 5.41) is 8.72. The molecule has 0 aromatic heterocycles. The number of ether oxygens (including phenoxy) is 2. The highest BCUT2D eigenvalue weighted by Crippen LogP contribution is 2.28. The zero-order valence-corrected chi connectivity index (χ0v) is 12.8. The first-order valence-corrected chi connectivity index (χ1v) is 7.15. The molecule has 1 aromatic rings. The number of methoxy groups -OCH3 is 1. The van der Waals surface area contributed by atoms with Crippen LogP contribution in [0.5, 0.6) is 5.75 Å². The molecule has 0 spiro atoms. The van der Waals surface area contributed by atoms with Gasteiger partial charge in [0.2, 0.25) is 11.8 Å². The van der Waals surface area contributed by atoms with Crippen molar-refractivity contribution in [3.05, 3.63) is 18.2 Å². The normalized spacial score (nSPS) is 17.6. The molecule has 1 aliphatic rings. The average Bonchev–Trinajstić information content (AvgIpc) is 2.49. The molecule has 1 fully saturated rings. The summed E-state index contributed by atoms with van der Waals surface area (Å²) in [5.74, 6) is 0.211. The zero-order chi connectivity index (χ0) is 15.9. The number of hydrogen-bond donors (Lipinski definition) is 3. The van der Waals surface area contributed by atoms with Crippen molar-refractivity contribution in [2.75, 3.05) is 37.5 Å². The summed E-state index contributed by atoms with van der Waals surface area (Å²) >= 11 is 0. The van der Waals surface area contributed by atoms with Gasteiger partial charge in [0.15, 0.2) is 0 Å². The molecule has 22 heavy (non-hydrogen) atoms. The van der Waals surface area contributed by atoms with Crippen LogP contribution in [0.15, 0.2) is 18.2 Å². The van der Waals surface area contributed by atoms with Crippen molar-refractivity contribution in [2.24, 2.45) is 0 Å². The van der Waals surface area contributed by atoms with Crippen molar-refractivity contribution in [2.45, 2.75) is 19.4 Å². The standard InChI is InChI=1S/C15H21N3O4/c1-10(19)17-13-4-3-11(7-14(13)21-2)18-15(20)8-12-9-22-6-5-16-12/h3-4,7,12,16H,5-6,8-9H2,1-2H3,(H,17,19)(H,18,20). The second-order valence-corrected chi connectivity index (χ2v) is 5.07. The fourth-order valence-corrected chi connectivity index (χ4v) is 2.25. The van der Waals surface area contributed by atoms with E-state index >= 15 is 0 Å². The van der Waals surface area contributed by atoms with Crippen molar-refractivity contribution >= 4 is 23.2 Å². The Morgan fingerprint density at radius 2 is 2.23 bits per heavy atom. The van der Waals surface area contributed by atoms with Crippen molar-refractivity contribution in [3.8, 4) is 5.75 Å². The first kappa shape index (κ1) is 16.3. The molecule has 3 N–H and O–H groups in total. The molecule has 2 rings (SSSR count). The number of rotatable bonds is 5. The summed E-state index contributed by atoms with van der Waals surface area (Å²) in [7, 11) is 1.51. The SMILES string of the molecule is COc1cc(NC(=O)CC2COCCN2)ccc1NC(C)=O. The Balaban J connectivity index is 1.96. The van der Waals surface area contributed by atoms with Crippen molar-refractivity contribution < 1.29 is 19.1 Å². The molecule has 0 saturated carbocycles. The molecule has 1 unspecified atom stereocenters. The molecular weight excluding hydrogens is 286 g/mol. The fraction of sp³-hybridized carbons (Fsp3) is 0.467. The topological polar surface area (TPSA) is 88.7 Å². The van der Waals surface area contributed by atoms with Gasteiger partial charge in [0.1, 0.15) is 5.75 Å². The Kier molecular flexibility index (Phi) is 5.74. The van der Waals surface area contributed by atoms with E-state index in [9.17, 15) is 9.59 Å². The number of benzene rings is 1. The van der Waals surface area contributed by atoms with E-state index in [1.165, 1.54) is 14.0 Å². The van der Waals surface area contributed by atoms with Gasteiger partial charge in [0, 0.05) is 37.7 Å². The van der Waals surface area contributed by atoms with Crippen LogP contribution in [-0.4, -0.2) is 44.7 Å². The largest absolute Gasteiger partial charge is 0.494 e. The van der Waals surface area contributed by atoms with E-state index in [1.54, 1.807) is 18.2 Å². The number of amides is 2. The van der Waals surface area contributed by atoms with E-state index in [0.29, 0.717) is 36.8 Å². The van der Waals surface area contributed by atoms with Gasteiger partial charge >= 0.3 is 0 Å². The number of carbonyl (C=O) groups is 2. The van der Waals surface area contributed by atoms with Crippen LogP contribution in [0.25, 0.3) is 0 Å². The highest BCUT2D eigenvalue weighted by molar-refractivity contribution is 5.94. The lowest BCUT2D eigenvalue weighted by atomic mass is 10.2. The Morgan fingerprint density at radius 1 is 1.41 bits per heavy atom. The quantitative estimate of drug-likeness (QED) is 0.754. The van der Waals surface area contributed by atoms with Crippen LogP contribution < -0.4 is 20.7 Å². The minimum absolute atomic E-state index is 0.0364. The first-order chi connectivity index (χ1) is 10.6. The lowest BCUT2D eigenvalue weighted by molar-refractivity contribution is -0.117. The van der Waals surface area contributed by atoms with Crippen LogP contribution in [0.1, 0.15) is 13.3 Å². The van der Waals surface area contributed by atoms with Crippen LogP contribution >= 0.6 is 0 Å². The number of anilines is 2. The fourth-order valence-electron chi connectivity index (χ4n) is 2.25. The maximum atomic E-state index is 12.0. The van der Waals surface area contributed by atoms with Crippen molar-refractivity contribution in [1.29, 1.82) is 0 Å². The lowest BCUT2D eigenvalue weighted by Gasteiger charge is -2.23. The van der Waals surface area contributed by atoms with Crippen LogP contribution in [0.4, 0.5) is 11.4 Å². The van der Waals surface area contributed by atoms with Gasteiger partial charge in [-0.15, -0.1) is 0 Å². The van der Waals surface area contributed by atoms with E-state index in [2.05, 4.69) is 16.0 Å². The summed E-state index contributed by atoms with van der Waals surface area (Å²) in [4.78, 5) is 23.1. The second-order valence-electron chi connectivity index (χ2n) is 5.07. The third-order valence-corrected chi connectivity index (χ3v) is 3.23. The number of hydrogen-bond acceptors (Lipinski definition) is 5. The monoisotopic (exact) mass is 307 g/mol. The predicted molar refractivity (Wildman–Crippen MR) is 83.2 cm³/mol. The van der Waals surface area contributed by atoms with E-state index in [1.807, 2.05) is 0 Å². The van der Waals surface area contributed by atoms with E-state index in [0.717, 1.165) is 6.54 Å². The Bertz CT molecular complexity index is 542. The molecule has 0 bridgehead atoms. The second kappa shape index (κ2) is 7.77. The minimum Gasteiger partial charge on any atom is -0.494 e. The molecule has 0 aliphatic carbocycles. The summed E-state index contributed by atoms with van der Waals surface area (Å²) in [5.41, 5.74) is 1.18. The smallest absolute Gasteiger partial charge is 0.226 e. The third-order valence-electron chi connectivity index (χ3n) is 3.23. The molecule has 1 heterocycles. The number of nitrogens with one attached hydrogen (secondary N) is 3. The van der Waals surface area contributed by atoms with Gasteiger partial charge < -0.3 is 25.4 Å². The van der Waals surface area contributed by atoms with Gasteiger partial charge in [-0.3, -0.25) is 9.59 Å². The first-order valence-electron chi connectivity index (χ1n) is 7.15. The summed E-state index contributed by atoms with van der Waals surface area (Å²) in [6.07, 6.45) is 0.343. The van der Waals surface area contributed by atoms with Crippen LogP contribution in [0.3, 0.4) is 0 Å². The summed E-state index contributed by atoms with van der Waals surface area (Å²) in [6.45, 7) is 3.41. The average molecular weight is 307 g/mol. The Hall–Kier alpha value is -2.12. The van der Waals surface area contributed by atoms with Crippen LogP contribution in [0, 0.1) is 0 Å². The van der Waals surface area contributed by atoms with Gasteiger partial charge in [0.25, 0.3) is 0 Å². The summed E-state index contributed by atoms with van der Waals surface area (Å²) < 4.78 is 10.5. The minimum atomic E-state index is -0.182. The maximum Gasteiger partial charge on any atom is 0.226 e. The number of carbonyl (C=O) groups excluding carboxylic acids is 2. The third kappa shape index (κ3) is 4.71. The lowest BCUT2D eigenvalue weighted by Crippen LogP contribution is -2.43. The molecule has 120 valence electrons. The molecule has 2 amide bonds. The van der Waals surface area contributed by atoms with Gasteiger partial charge in [-0.25, -0.2) is 0 Å². The van der Waals surface area contributed by atoms with Gasteiger partial charge in [-0.1, -0.05) is 0 Å². The van der Waals surface area contributed by atoms with Gasteiger partial charge in [-0.05, 0) is 12.1 Å². The Morgan fingerprint density at radius 3 is 2.86 bits per heavy atom. The Labute approximate surface area is 129 Å². The van der Waals surface area contributed by atoms with Gasteiger partial charge in [-0.2, -0.15) is 0 Å². The molecule has 0 radical (unpaired) electrons. The molecule has 1 atom stereocenters. The van der Waals surface area contributed by atoms with E-state index in [4.69, 9.17) is 9.47 Å². The molecule has 1 aliphatic heterocycles. The van der Waals surface area contributed by atoms with Gasteiger partial charge in [0.05, 0.1) is 26.0 Å². The van der Waals surface area contributed by atoms with Crippen LogP contribution in [-0.2, 0) is 14.3 Å². The molecule has 7 nitrogen and oxygen atoms in total.